The Morgan fingerprint density at radius 3 is 2.86 bits per heavy atom. The van der Waals surface area contributed by atoms with Crippen molar-refractivity contribution in [3.8, 4) is 5.75 Å². The Balaban J connectivity index is 2.55. The van der Waals surface area contributed by atoms with E-state index in [0.29, 0.717) is 23.4 Å². The minimum Gasteiger partial charge on any atom is -0.488 e. The maximum Gasteiger partial charge on any atom is 0.134 e. The minimum absolute atomic E-state index is 0.290. The van der Waals surface area contributed by atoms with E-state index in [4.69, 9.17) is 10.5 Å². The number of hydrogen-bond donors (Lipinski definition) is 1. The zero-order valence-electron chi connectivity index (χ0n) is 7.54. The summed E-state index contributed by atoms with van der Waals surface area (Å²) >= 11 is 3.20. The van der Waals surface area contributed by atoms with E-state index >= 15 is 0 Å². The van der Waals surface area contributed by atoms with Crippen LogP contribution in [-0.2, 0) is 0 Å². The second kappa shape index (κ2) is 5.78. The molecule has 0 spiro atoms. The van der Waals surface area contributed by atoms with Gasteiger partial charge in [0.05, 0.1) is 4.47 Å². The molecule has 2 N–H and O–H groups in total. The van der Waals surface area contributed by atoms with Gasteiger partial charge in [0.25, 0.3) is 0 Å². The van der Waals surface area contributed by atoms with Crippen LogP contribution in [0.5, 0.6) is 5.75 Å². The zero-order valence-corrected chi connectivity index (χ0v) is 9.13. The van der Waals surface area contributed by atoms with E-state index in [0.717, 1.165) is 0 Å². The first-order chi connectivity index (χ1) is 6.74. The molecule has 0 radical (unpaired) electrons. The van der Waals surface area contributed by atoms with E-state index in [9.17, 15) is 4.39 Å². The van der Waals surface area contributed by atoms with Crippen LogP contribution in [0, 0.1) is 5.82 Å². The molecule has 0 heterocycles. The van der Waals surface area contributed by atoms with Gasteiger partial charge in [-0.2, -0.15) is 0 Å². The molecule has 0 bridgehead atoms. The summed E-state index contributed by atoms with van der Waals surface area (Å²) in [5.41, 5.74) is 5.26. The smallest absolute Gasteiger partial charge is 0.134 e. The third-order valence-corrected chi connectivity index (χ3v) is 2.15. The molecule has 0 saturated heterocycles. The van der Waals surface area contributed by atoms with Crippen molar-refractivity contribution >= 4 is 15.9 Å². The van der Waals surface area contributed by atoms with Crippen LogP contribution in [0.15, 0.2) is 34.8 Å². The number of hydrogen-bond acceptors (Lipinski definition) is 2. The van der Waals surface area contributed by atoms with E-state index in [-0.39, 0.29) is 5.82 Å². The van der Waals surface area contributed by atoms with E-state index in [1.54, 1.807) is 12.1 Å². The van der Waals surface area contributed by atoms with Crippen molar-refractivity contribution in [2.45, 2.75) is 0 Å². The third-order valence-electron chi connectivity index (χ3n) is 1.53. The SMILES string of the molecule is NCC=CCOc1ccc(F)cc1Br. The molecule has 14 heavy (non-hydrogen) atoms. The van der Waals surface area contributed by atoms with E-state index < -0.39 is 0 Å². The molecule has 0 amide bonds. The van der Waals surface area contributed by atoms with E-state index in [1.807, 2.05) is 6.08 Å². The molecule has 0 aliphatic carbocycles. The first-order valence-corrected chi connectivity index (χ1v) is 4.96. The highest BCUT2D eigenvalue weighted by molar-refractivity contribution is 9.10. The fraction of sp³-hybridized carbons (Fsp3) is 0.200. The maximum absolute atomic E-state index is 12.7. The molecule has 0 fully saturated rings. The van der Waals surface area contributed by atoms with Crippen LogP contribution in [0.25, 0.3) is 0 Å². The predicted molar refractivity (Wildman–Crippen MR) is 57.8 cm³/mol. The van der Waals surface area contributed by atoms with Crippen LogP contribution >= 0.6 is 15.9 Å². The normalized spacial score (nSPS) is 10.8. The lowest BCUT2D eigenvalue weighted by Gasteiger charge is -2.05. The molecule has 0 saturated carbocycles. The van der Waals surface area contributed by atoms with Crippen molar-refractivity contribution in [1.82, 2.24) is 0 Å². The average molecular weight is 260 g/mol. The predicted octanol–water partition coefficient (Wildman–Crippen LogP) is 2.48. The first kappa shape index (κ1) is 11.2. The summed E-state index contributed by atoms with van der Waals surface area (Å²) in [7, 11) is 0. The number of rotatable bonds is 4. The Morgan fingerprint density at radius 1 is 1.43 bits per heavy atom. The van der Waals surface area contributed by atoms with Gasteiger partial charge in [-0.05, 0) is 34.1 Å². The quantitative estimate of drug-likeness (QED) is 0.844. The Hall–Kier alpha value is -0.870. The van der Waals surface area contributed by atoms with Crippen molar-refractivity contribution < 1.29 is 9.13 Å². The maximum atomic E-state index is 12.7. The topological polar surface area (TPSA) is 35.2 Å². The average Bonchev–Trinajstić information content (AvgIpc) is 2.15. The highest BCUT2D eigenvalue weighted by atomic mass is 79.9. The van der Waals surface area contributed by atoms with Crippen LogP contribution in [-0.4, -0.2) is 13.2 Å². The van der Waals surface area contributed by atoms with Crippen LogP contribution in [0.1, 0.15) is 0 Å². The Kier molecular flexibility index (Phi) is 4.62. The molecule has 0 atom stereocenters. The molecule has 76 valence electrons. The number of halogens is 2. The van der Waals surface area contributed by atoms with Gasteiger partial charge in [0.1, 0.15) is 18.2 Å². The molecule has 1 aromatic carbocycles. The van der Waals surface area contributed by atoms with Gasteiger partial charge in [0.2, 0.25) is 0 Å². The molecular weight excluding hydrogens is 249 g/mol. The van der Waals surface area contributed by atoms with E-state index in [1.165, 1.54) is 12.1 Å². The summed E-state index contributed by atoms with van der Waals surface area (Å²) in [6, 6.07) is 4.30. The molecule has 0 aliphatic rings. The fourth-order valence-corrected chi connectivity index (χ4v) is 1.36. The Bertz CT molecular complexity index is 328. The van der Waals surface area contributed by atoms with E-state index in [2.05, 4.69) is 15.9 Å². The van der Waals surface area contributed by atoms with Gasteiger partial charge in [0, 0.05) is 6.54 Å². The molecule has 1 rings (SSSR count). The van der Waals surface area contributed by atoms with Crippen LogP contribution in [0.4, 0.5) is 4.39 Å². The Labute approximate surface area is 90.7 Å². The van der Waals surface area contributed by atoms with Crippen molar-refractivity contribution in [3.05, 3.63) is 40.6 Å². The summed E-state index contributed by atoms with van der Waals surface area (Å²) in [5, 5.41) is 0. The van der Waals surface area contributed by atoms with Gasteiger partial charge in [-0.15, -0.1) is 0 Å². The zero-order chi connectivity index (χ0) is 10.4. The first-order valence-electron chi connectivity index (χ1n) is 4.17. The van der Waals surface area contributed by atoms with Gasteiger partial charge in [-0.3, -0.25) is 0 Å². The number of ether oxygens (including phenoxy) is 1. The summed E-state index contributed by atoms with van der Waals surface area (Å²) in [4.78, 5) is 0. The fourth-order valence-electron chi connectivity index (χ4n) is 0.894. The van der Waals surface area contributed by atoms with Crippen molar-refractivity contribution in [2.75, 3.05) is 13.2 Å². The highest BCUT2D eigenvalue weighted by Crippen LogP contribution is 2.25. The monoisotopic (exact) mass is 259 g/mol. The molecular formula is C10H11BrFNO. The second-order valence-corrected chi connectivity index (χ2v) is 3.45. The summed E-state index contributed by atoms with van der Waals surface area (Å²) in [6.07, 6.45) is 3.62. The summed E-state index contributed by atoms with van der Waals surface area (Å²) in [6.45, 7) is 0.926. The van der Waals surface area contributed by atoms with Crippen LogP contribution in [0.2, 0.25) is 0 Å². The van der Waals surface area contributed by atoms with Gasteiger partial charge < -0.3 is 10.5 Å². The van der Waals surface area contributed by atoms with Gasteiger partial charge in [-0.25, -0.2) is 4.39 Å². The molecule has 4 heteroatoms. The lowest BCUT2D eigenvalue weighted by atomic mass is 10.3. The third kappa shape index (κ3) is 3.47. The van der Waals surface area contributed by atoms with Crippen molar-refractivity contribution in [2.24, 2.45) is 5.73 Å². The largest absolute Gasteiger partial charge is 0.488 e. The highest BCUT2D eigenvalue weighted by Gasteiger charge is 2.00. The summed E-state index contributed by atoms with van der Waals surface area (Å²) < 4.78 is 18.6. The lowest BCUT2D eigenvalue weighted by molar-refractivity contribution is 0.359. The minimum atomic E-state index is -0.290. The molecule has 0 unspecified atom stereocenters. The molecule has 1 aromatic rings. The van der Waals surface area contributed by atoms with Gasteiger partial charge >= 0.3 is 0 Å². The standard InChI is InChI=1S/C10H11BrFNO/c11-9-7-8(12)3-4-10(9)14-6-2-1-5-13/h1-4,7H,5-6,13H2. The molecule has 2 nitrogen and oxygen atoms in total. The van der Waals surface area contributed by atoms with Gasteiger partial charge in [0.15, 0.2) is 0 Å². The Morgan fingerprint density at radius 2 is 2.21 bits per heavy atom. The second-order valence-electron chi connectivity index (χ2n) is 2.59. The number of benzene rings is 1. The van der Waals surface area contributed by atoms with Crippen molar-refractivity contribution in [1.29, 1.82) is 0 Å². The molecule has 0 aromatic heterocycles. The van der Waals surface area contributed by atoms with Crippen LogP contribution in [0.3, 0.4) is 0 Å². The summed E-state index contributed by atoms with van der Waals surface area (Å²) in [5.74, 6) is 0.329. The lowest BCUT2D eigenvalue weighted by Crippen LogP contribution is -1.97. The van der Waals surface area contributed by atoms with Crippen LogP contribution < -0.4 is 10.5 Å². The van der Waals surface area contributed by atoms with Gasteiger partial charge in [-0.1, -0.05) is 12.2 Å². The molecule has 0 aliphatic heterocycles. The van der Waals surface area contributed by atoms with Crippen molar-refractivity contribution in [3.63, 3.8) is 0 Å². The number of nitrogens with two attached hydrogens (primary N) is 1.